The van der Waals surface area contributed by atoms with Crippen LogP contribution in [-0.2, 0) is 13.2 Å². The molecule has 3 heterocycles. The standard InChI is InChI=1S/C23H18ClN3O5S/c24-16-4-6-17(7-5-16)30-12-22-25-26-23(27(22)11-18-2-1-9-29-18)33-13-19(28)15-3-8-20-21(10-15)32-14-31-20/h1-10H,11-14H2. The summed E-state index contributed by atoms with van der Waals surface area (Å²) in [5.41, 5.74) is 0.551. The van der Waals surface area contributed by atoms with E-state index < -0.39 is 0 Å². The average Bonchev–Trinajstić information content (AvgIpc) is 3.59. The van der Waals surface area contributed by atoms with Crippen LogP contribution in [0, 0.1) is 0 Å². The second kappa shape index (κ2) is 9.60. The van der Waals surface area contributed by atoms with Gasteiger partial charge < -0.3 is 18.6 Å². The van der Waals surface area contributed by atoms with Crippen LogP contribution in [0.5, 0.6) is 17.2 Å². The van der Waals surface area contributed by atoms with Crippen molar-refractivity contribution in [2.75, 3.05) is 12.5 Å². The Labute approximate surface area is 198 Å². The van der Waals surface area contributed by atoms with E-state index in [-0.39, 0.29) is 24.9 Å². The van der Waals surface area contributed by atoms with Gasteiger partial charge in [0.05, 0.1) is 18.6 Å². The Morgan fingerprint density at radius 2 is 1.94 bits per heavy atom. The molecule has 0 saturated carbocycles. The Bertz CT molecular complexity index is 1260. The van der Waals surface area contributed by atoms with Crippen LogP contribution < -0.4 is 14.2 Å². The van der Waals surface area contributed by atoms with E-state index in [1.54, 1.807) is 48.7 Å². The number of carbonyl (C=O) groups is 1. The summed E-state index contributed by atoms with van der Waals surface area (Å²) in [7, 11) is 0. The number of ether oxygens (including phenoxy) is 3. The predicted molar refractivity (Wildman–Crippen MR) is 121 cm³/mol. The van der Waals surface area contributed by atoms with Crippen LogP contribution in [0.2, 0.25) is 5.02 Å². The third-order valence-corrected chi connectivity index (χ3v) is 6.11. The van der Waals surface area contributed by atoms with Gasteiger partial charge in [-0.15, -0.1) is 10.2 Å². The first-order chi connectivity index (χ1) is 16.2. The van der Waals surface area contributed by atoms with Crippen LogP contribution in [0.4, 0.5) is 0 Å². The molecule has 2 aromatic carbocycles. The Kier molecular flexibility index (Phi) is 6.23. The molecule has 0 spiro atoms. The maximum atomic E-state index is 12.8. The van der Waals surface area contributed by atoms with Crippen molar-refractivity contribution in [2.24, 2.45) is 0 Å². The minimum Gasteiger partial charge on any atom is -0.486 e. The highest BCUT2D eigenvalue weighted by Gasteiger charge is 2.19. The van der Waals surface area contributed by atoms with Gasteiger partial charge in [-0.25, -0.2) is 0 Å². The lowest BCUT2D eigenvalue weighted by Gasteiger charge is -2.10. The van der Waals surface area contributed by atoms with E-state index in [4.69, 9.17) is 30.2 Å². The molecule has 8 nitrogen and oxygen atoms in total. The molecule has 0 N–H and O–H groups in total. The Morgan fingerprint density at radius 1 is 1.09 bits per heavy atom. The summed E-state index contributed by atoms with van der Waals surface area (Å²) in [6, 6.07) is 16.0. The molecule has 10 heteroatoms. The maximum Gasteiger partial charge on any atom is 0.231 e. The molecule has 0 unspecified atom stereocenters. The van der Waals surface area contributed by atoms with Crippen molar-refractivity contribution in [1.29, 1.82) is 0 Å². The van der Waals surface area contributed by atoms with Gasteiger partial charge in [0.1, 0.15) is 18.1 Å². The largest absolute Gasteiger partial charge is 0.486 e. The lowest BCUT2D eigenvalue weighted by molar-refractivity contribution is 0.102. The van der Waals surface area contributed by atoms with E-state index in [1.165, 1.54) is 11.8 Å². The number of Topliss-reactive ketones (excluding diaryl/α,β-unsaturated/α-hetero) is 1. The molecule has 5 rings (SSSR count). The Balaban J connectivity index is 1.30. The zero-order valence-electron chi connectivity index (χ0n) is 17.3. The van der Waals surface area contributed by atoms with Crippen LogP contribution in [0.25, 0.3) is 0 Å². The molecule has 0 radical (unpaired) electrons. The predicted octanol–water partition coefficient (Wildman–Crippen LogP) is 4.86. The molecule has 4 aromatic rings. The van der Waals surface area contributed by atoms with Gasteiger partial charge in [0.15, 0.2) is 28.3 Å². The summed E-state index contributed by atoms with van der Waals surface area (Å²) >= 11 is 7.24. The van der Waals surface area contributed by atoms with E-state index >= 15 is 0 Å². The summed E-state index contributed by atoms with van der Waals surface area (Å²) < 4.78 is 23.9. The van der Waals surface area contributed by atoms with Gasteiger partial charge in [-0.3, -0.25) is 9.36 Å². The smallest absolute Gasteiger partial charge is 0.231 e. The molecule has 0 amide bonds. The Hall–Kier alpha value is -3.43. The Morgan fingerprint density at radius 3 is 2.76 bits per heavy atom. The molecule has 0 aliphatic carbocycles. The summed E-state index contributed by atoms with van der Waals surface area (Å²) in [6.07, 6.45) is 1.61. The van der Waals surface area contributed by atoms with Crippen LogP contribution in [0.15, 0.2) is 70.4 Å². The monoisotopic (exact) mass is 483 g/mol. The minimum absolute atomic E-state index is 0.0511. The van der Waals surface area contributed by atoms with Gasteiger partial charge >= 0.3 is 0 Å². The molecule has 0 bridgehead atoms. The zero-order chi connectivity index (χ0) is 22.6. The second-order valence-electron chi connectivity index (χ2n) is 7.09. The fraction of sp³-hybridized carbons (Fsp3) is 0.174. The molecule has 0 atom stereocenters. The first kappa shape index (κ1) is 21.4. The van der Waals surface area contributed by atoms with Crippen molar-refractivity contribution < 1.29 is 23.4 Å². The number of benzene rings is 2. The van der Waals surface area contributed by atoms with Crippen molar-refractivity contribution in [3.05, 3.63) is 83.0 Å². The number of thioether (sulfide) groups is 1. The third kappa shape index (κ3) is 4.99. The van der Waals surface area contributed by atoms with Crippen molar-refractivity contribution in [1.82, 2.24) is 14.8 Å². The number of carbonyl (C=O) groups excluding carboxylic acids is 1. The van der Waals surface area contributed by atoms with E-state index in [9.17, 15) is 4.79 Å². The number of halogens is 1. The topological polar surface area (TPSA) is 88.6 Å². The summed E-state index contributed by atoms with van der Waals surface area (Å²) in [5, 5.41) is 9.79. The number of hydrogen-bond donors (Lipinski definition) is 0. The fourth-order valence-electron chi connectivity index (χ4n) is 3.21. The fourth-order valence-corrected chi connectivity index (χ4v) is 4.19. The molecule has 0 saturated heterocycles. The van der Waals surface area contributed by atoms with Gasteiger partial charge in [-0.05, 0) is 54.6 Å². The molecule has 1 aliphatic rings. The van der Waals surface area contributed by atoms with Crippen LogP contribution >= 0.6 is 23.4 Å². The van der Waals surface area contributed by atoms with Crippen molar-refractivity contribution in [3.63, 3.8) is 0 Å². The van der Waals surface area contributed by atoms with E-state index in [0.29, 0.717) is 45.4 Å². The highest BCUT2D eigenvalue weighted by Crippen LogP contribution is 2.33. The SMILES string of the molecule is O=C(CSc1nnc(COc2ccc(Cl)cc2)n1Cc1ccco1)c1ccc2c(c1)OCO2. The van der Waals surface area contributed by atoms with Crippen molar-refractivity contribution >= 4 is 29.1 Å². The summed E-state index contributed by atoms with van der Waals surface area (Å²) in [6.45, 7) is 0.782. The first-order valence-electron chi connectivity index (χ1n) is 10.0. The summed E-state index contributed by atoms with van der Waals surface area (Å²) in [4.78, 5) is 12.8. The third-order valence-electron chi connectivity index (χ3n) is 4.90. The van der Waals surface area contributed by atoms with Gasteiger partial charge in [-0.2, -0.15) is 0 Å². The number of fused-ring (bicyclic) bond motifs is 1. The van der Waals surface area contributed by atoms with E-state index in [2.05, 4.69) is 10.2 Å². The number of hydrogen-bond acceptors (Lipinski definition) is 8. The molecule has 2 aromatic heterocycles. The first-order valence-corrected chi connectivity index (χ1v) is 11.4. The molecule has 1 aliphatic heterocycles. The average molecular weight is 484 g/mol. The van der Waals surface area contributed by atoms with Gasteiger partial charge in [0.25, 0.3) is 0 Å². The van der Waals surface area contributed by atoms with Crippen molar-refractivity contribution in [3.8, 4) is 17.2 Å². The highest BCUT2D eigenvalue weighted by molar-refractivity contribution is 7.99. The second-order valence-corrected chi connectivity index (χ2v) is 8.47. The lowest BCUT2D eigenvalue weighted by Crippen LogP contribution is -2.10. The van der Waals surface area contributed by atoms with E-state index in [0.717, 1.165) is 5.76 Å². The number of rotatable bonds is 9. The van der Waals surface area contributed by atoms with Crippen LogP contribution in [0.3, 0.4) is 0 Å². The number of ketones is 1. The number of aromatic nitrogens is 3. The lowest BCUT2D eigenvalue weighted by atomic mass is 10.1. The highest BCUT2D eigenvalue weighted by atomic mass is 35.5. The van der Waals surface area contributed by atoms with Crippen molar-refractivity contribution in [2.45, 2.75) is 18.3 Å². The quantitative estimate of drug-likeness (QED) is 0.246. The van der Waals surface area contributed by atoms with Crippen LogP contribution in [0.1, 0.15) is 21.9 Å². The normalized spacial score (nSPS) is 12.2. The zero-order valence-corrected chi connectivity index (χ0v) is 18.8. The summed E-state index contributed by atoms with van der Waals surface area (Å²) in [5.74, 6) is 3.37. The van der Waals surface area contributed by atoms with Gasteiger partial charge in [0, 0.05) is 10.6 Å². The maximum absolute atomic E-state index is 12.8. The van der Waals surface area contributed by atoms with Gasteiger partial charge in [0.2, 0.25) is 6.79 Å². The minimum atomic E-state index is -0.0511. The van der Waals surface area contributed by atoms with E-state index in [1.807, 2.05) is 16.7 Å². The molecule has 168 valence electrons. The number of nitrogens with zero attached hydrogens (tertiary/aromatic N) is 3. The van der Waals surface area contributed by atoms with Crippen LogP contribution in [-0.4, -0.2) is 33.1 Å². The number of furan rings is 1. The molecular formula is C23H18ClN3O5S. The molecular weight excluding hydrogens is 466 g/mol. The molecule has 0 fully saturated rings. The molecule has 33 heavy (non-hydrogen) atoms. The van der Waals surface area contributed by atoms with Gasteiger partial charge in [-0.1, -0.05) is 23.4 Å².